The minimum atomic E-state index is -0.753. The lowest BCUT2D eigenvalue weighted by atomic mass is 10.2. The molecule has 0 radical (unpaired) electrons. The van der Waals surface area contributed by atoms with Gasteiger partial charge in [-0.1, -0.05) is 12.2 Å². The Hall–Kier alpha value is -1.21. The smallest absolute Gasteiger partial charge is 0.408 e. The zero-order valence-corrected chi connectivity index (χ0v) is 13.0. The third kappa shape index (κ3) is 7.74. The Bertz CT molecular complexity index is 352. The summed E-state index contributed by atoms with van der Waals surface area (Å²) in [6.45, 7) is 8.49. The van der Waals surface area contributed by atoms with Crippen LogP contribution in [0.15, 0.2) is 0 Å². The highest BCUT2D eigenvalue weighted by atomic mass is 32.1. The molecule has 0 bridgehead atoms. The van der Waals surface area contributed by atoms with Crippen molar-refractivity contribution < 1.29 is 19.1 Å². The van der Waals surface area contributed by atoms with Crippen LogP contribution in [0.3, 0.4) is 0 Å². The number of alkyl carbamates (subject to hydrolysis) is 1. The Kier molecular flexibility index (Phi) is 6.93. The molecule has 0 fully saturated rings. The first kappa shape index (κ1) is 17.8. The van der Waals surface area contributed by atoms with Crippen LogP contribution in [-0.4, -0.2) is 41.8 Å². The number of ether oxygens (including phenoxy) is 2. The van der Waals surface area contributed by atoms with E-state index in [1.807, 2.05) is 0 Å². The average Bonchev–Trinajstić information content (AvgIpc) is 2.24. The van der Waals surface area contributed by atoms with Gasteiger partial charge >= 0.3 is 6.09 Å². The van der Waals surface area contributed by atoms with Crippen LogP contribution in [0, 0.1) is 0 Å². The van der Waals surface area contributed by atoms with Gasteiger partial charge in [0.25, 0.3) is 0 Å². The number of hydrogen-bond acceptors (Lipinski definition) is 5. The molecule has 2 amide bonds. The average molecular weight is 290 g/mol. The first-order valence-corrected chi connectivity index (χ1v) is 6.34. The van der Waals surface area contributed by atoms with Crippen molar-refractivity contribution in [2.45, 2.75) is 52.4 Å². The van der Waals surface area contributed by atoms with E-state index < -0.39 is 23.6 Å². The normalized spacial score (nSPS) is 14.2. The second-order valence-electron chi connectivity index (χ2n) is 5.10. The van der Waals surface area contributed by atoms with Gasteiger partial charge in [-0.3, -0.25) is 4.79 Å². The molecule has 0 saturated carbocycles. The van der Waals surface area contributed by atoms with Crippen LogP contribution in [-0.2, 0) is 14.3 Å². The van der Waals surface area contributed by atoms with Crippen molar-refractivity contribution in [3.8, 4) is 0 Å². The van der Waals surface area contributed by atoms with Crippen LogP contribution in [0.5, 0.6) is 0 Å². The predicted octanol–water partition coefficient (Wildman–Crippen LogP) is 1.38. The van der Waals surface area contributed by atoms with Crippen molar-refractivity contribution in [2.75, 3.05) is 7.11 Å². The highest BCUT2D eigenvalue weighted by Gasteiger charge is 2.22. The van der Waals surface area contributed by atoms with Gasteiger partial charge in [0.05, 0.1) is 0 Å². The fraction of sp³-hybridized carbons (Fsp3) is 0.750. The summed E-state index contributed by atoms with van der Waals surface area (Å²) in [5.74, 6) is -0.417. The molecule has 0 heterocycles. The van der Waals surface area contributed by atoms with E-state index in [1.165, 1.54) is 7.11 Å². The Morgan fingerprint density at radius 1 is 1.21 bits per heavy atom. The van der Waals surface area contributed by atoms with Gasteiger partial charge in [0.2, 0.25) is 5.91 Å². The van der Waals surface area contributed by atoms with Crippen LogP contribution in [0.2, 0.25) is 0 Å². The first-order chi connectivity index (χ1) is 8.56. The molecular formula is C12H22N2O4S. The molecule has 0 rings (SSSR count). The Morgan fingerprint density at radius 3 is 2.16 bits per heavy atom. The van der Waals surface area contributed by atoms with Gasteiger partial charge < -0.3 is 20.1 Å². The van der Waals surface area contributed by atoms with Crippen molar-refractivity contribution in [1.82, 2.24) is 10.6 Å². The van der Waals surface area contributed by atoms with Gasteiger partial charge in [-0.15, -0.1) is 0 Å². The van der Waals surface area contributed by atoms with E-state index in [0.717, 1.165) is 0 Å². The summed E-state index contributed by atoms with van der Waals surface area (Å²) < 4.78 is 10.0. The van der Waals surface area contributed by atoms with Crippen LogP contribution < -0.4 is 10.6 Å². The molecule has 6 nitrogen and oxygen atoms in total. The third-order valence-electron chi connectivity index (χ3n) is 2.10. The van der Waals surface area contributed by atoms with E-state index in [4.69, 9.17) is 21.7 Å². The number of carbonyl (C=O) groups is 2. The van der Waals surface area contributed by atoms with Crippen molar-refractivity contribution in [2.24, 2.45) is 0 Å². The highest BCUT2D eigenvalue weighted by molar-refractivity contribution is 7.80. The lowest BCUT2D eigenvalue weighted by molar-refractivity contribution is -0.121. The molecule has 0 saturated heterocycles. The van der Waals surface area contributed by atoms with Crippen LogP contribution >= 0.6 is 12.2 Å². The minimum Gasteiger partial charge on any atom is -0.444 e. The second-order valence-corrected chi connectivity index (χ2v) is 5.54. The number of thiocarbonyl (C=S) groups is 1. The molecule has 0 aliphatic heterocycles. The van der Waals surface area contributed by atoms with E-state index >= 15 is 0 Å². The molecule has 7 heteroatoms. The number of amides is 2. The zero-order chi connectivity index (χ0) is 15.2. The standard InChI is InChI=1S/C12H22N2O4S/c1-7(13-11(16)18-12(3,4)5)9(15)14-10(19)8(2)17-6/h7-8H,1-6H3,(H,13,16)(H,14,15,19)/t7-,8?/m0/s1. The lowest BCUT2D eigenvalue weighted by Crippen LogP contribution is -2.49. The fourth-order valence-corrected chi connectivity index (χ4v) is 1.19. The van der Waals surface area contributed by atoms with Gasteiger partial charge in [0, 0.05) is 7.11 Å². The van der Waals surface area contributed by atoms with E-state index in [0.29, 0.717) is 0 Å². The second kappa shape index (κ2) is 7.40. The van der Waals surface area contributed by atoms with Crippen LogP contribution in [0.25, 0.3) is 0 Å². The van der Waals surface area contributed by atoms with Crippen LogP contribution in [0.1, 0.15) is 34.6 Å². The number of methoxy groups -OCH3 is 1. The summed E-state index contributed by atoms with van der Waals surface area (Å²) in [5.41, 5.74) is -0.611. The molecule has 1 unspecified atom stereocenters. The molecular weight excluding hydrogens is 268 g/mol. The molecule has 0 spiro atoms. The zero-order valence-electron chi connectivity index (χ0n) is 12.2. The molecule has 19 heavy (non-hydrogen) atoms. The predicted molar refractivity (Wildman–Crippen MR) is 76.0 cm³/mol. The first-order valence-electron chi connectivity index (χ1n) is 5.94. The minimum absolute atomic E-state index is 0.269. The summed E-state index contributed by atoms with van der Waals surface area (Å²) in [5, 5.41) is 4.92. The topological polar surface area (TPSA) is 76.7 Å². The third-order valence-corrected chi connectivity index (χ3v) is 2.53. The molecule has 2 atom stereocenters. The maximum absolute atomic E-state index is 11.8. The molecule has 2 N–H and O–H groups in total. The molecule has 0 aromatic carbocycles. The van der Waals surface area contributed by atoms with Gasteiger partial charge in [-0.05, 0) is 34.6 Å². The van der Waals surface area contributed by atoms with E-state index in [1.54, 1.807) is 34.6 Å². The summed E-state index contributed by atoms with van der Waals surface area (Å²) in [7, 11) is 1.49. The molecule has 0 aromatic heterocycles. The molecule has 110 valence electrons. The molecule has 0 aromatic rings. The van der Waals surface area contributed by atoms with Gasteiger partial charge in [0.1, 0.15) is 22.7 Å². The number of rotatable bonds is 4. The lowest BCUT2D eigenvalue weighted by Gasteiger charge is -2.22. The van der Waals surface area contributed by atoms with Crippen molar-refractivity contribution >= 4 is 29.2 Å². The van der Waals surface area contributed by atoms with Crippen LogP contribution in [0.4, 0.5) is 4.79 Å². The Morgan fingerprint density at radius 2 is 1.74 bits per heavy atom. The Labute approximate surface area is 119 Å². The van der Waals surface area contributed by atoms with Crippen molar-refractivity contribution in [3.63, 3.8) is 0 Å². The molecule has 0 aliphatic rings. The molecule has 0 aliphatic carbocycles. The summed E-state index contributed by atoms with van der Waals surface area (Å²) in [4.78, 5) is 23.5. The SMILES string of the molecule is COC(C)C(=S)NC(=O)[C@H](C)NC(=O)OC(C)(C)C. The summed E-state index contributed by atoms with van der Waals surface area (Å²) in [6, 6.07) is -0.753. The van der Waals surface area contributed by atoms with Crippen molar-refractivity contribution in [3.05, 3.63) is 0 Å². The maximum Gasteiger partial charge on any atom is 0.408 e. The number of nitrogens with one attached hydrogen (secondary N) is 2. The number of carbonyl (C=O) groups excluding carboxylic acids is 2. The van der Waals surface area contributed by atoms with Gasteiger partial charge in [-0.2, -0.15) is 0 Å². The summed E-state index contributed by atoms with van der Waals surface area (Å²) >= 11 is 4.97. The Balaban J connectivity index is 4.28. The van der Waals surface area contributed by atoms with Gasteiger partial charge in [0.15, 0.2) is 0 Å². The van der Waals surface area contributed by atoms with E-state index in [2.05, 4.69) is 10.6 Å². The van der Waals surface area contributed by atoms with E-state index in [9.17, 15) is 9.59 Å². The van der Waals surface area contributed by atoms with Crippen molar-refractivity contribution in [1.29, 1.82) is 0 Å². The highest BCUT2D eigenvalue weighted by Crippen LogP contribution is 2.06. The quantitative estimate of drug-likeness (QED) is 0.765. The van der Waals surface area contributed by atoms with Gasteiger partial charge in [-0.25, -0.2) is 4.79 Å². The number of hydrogen-bond donors (Lipinski definition) is 2. The fourth-order valence-electron chi connectivity index (χ4n) is 0.988. The maximum atomic E-state index is 11.8. The summed E-state index contributed by atoms with van der Waals surface area (Å²) in [6.07, 6.45) is -1.02. The van der Waals surface area contributed by atoms with E-state index in [-0.39, 0.29) is 11.1 Å². The largest absolute Gasteiger partial charge is 0.444 e. The monoisotopic (exact) mass is 290 g/mol.